The van der Waals surface area contributed by atoms with Crippen molar-refractivity contribution >= 4 is 27.1 Å². The highest BCUT2D eigenvalue weighted by molar-refractivity contribution is 7.89. The molecule has 5 N–H and O–H groups in total. The first-order valence-corrected chi connectivity index (χ1v) is 7.27. The Labute approximate surface area is 117 Å². The van der Waals surface area contributed by atoms with E-state index in [2.05, 4.69) is 5.32 Å². The topological polar surface area (TPSA) is 107 Å². The Morgan fingerprint density at radius 1 is 1.10 bits per heavy atom. The highest BCUT2D eigenvalue weighted by Gasteiger charge is 2.10. The SMILES string of the molecule is COc1cccc(Nc2cc(N)cc(S(N)(=O)=O)c2)c1. The molecule has 20 heavy (non-hydrogen) atoms. The number of nitrogens with two attached hydrogens (primary N) is 2. The normalized spacial score (nSPS) is 11.1. The highest BCUT2D eigenvalue weighted by Crippen LogP contribution is 2.25. The van der Waals surface area contributed by atoms with Crippen molar-refractivity contribution in [1.29, 1.82) is 0 Å². The maximum atomic E-state index is 11.4. The molecule has 0 unspecified atom stereocenters. The predicted octanol–water partition coefficient (Wildman–Crippen LogP) is 1.67. The first-order valence-electron chi connectivity index (χ1n) is 5.73. The summed E-state index contributed by atoms with van der Waals surface area (Å²) in [6.45, 7) is 0. The fourth-order valence-electron chi connectivity index (χ4n) is 1.73. The second-order valence-corrected chi connectivity index (χ2v) is 5.75. The van der Waals surface area contributed by atoms with E-state index in [1.807, 2.05) is 12.1 Å². The van der Waals surface area contributed by atoms with E-state index in [0.717, 1.165) is 5.69 Å². The van der Waals surface area contributed by atoms with Gasteiger partial charge in [-0.05, 0) is 30.3 Å². The van der Waals surface area contributed by atoms with E-state index in [-0.39, 0.29) is 4.90 Å². The van der Waals surface area contributed by atoms with Crippen LogP contribution in [0, 0.1) is 0 Å². The summed E-state index contributed by atoms with van der Waals surface area (Å²) < 4.78 is 27.8. The Hall–Kier alpha value is -2.25. The Bertz CT molecular complexity index is 729. The van der Waals surface area contributed by atoms with Crippen molar-refractivity contribution in [3.63, 3.8) is 0 Å². The van der Waals surface area contributed by atoms with E-state index in [1.54, 1.807) is 25.3 Å². The molecule has 2 aromatic carbocycles. The molecule has 0 aliphatic carbocycles. The first-order chi connectivity index (χ1) is 9.38. The predicted molar refractivity (Wildman–Crippen MR) is 78.5 cm³/mol. The van der Waals surface area contributed by atoms with Gasteiger partial charge < -0.3 is 15.8 Å². The number of rotatable bonds is 4. The molecule has 7 heteroatoms. The van der Waals surface area contributed by atoms with E-state index in [9.17, 15) is 8.42 Å². The van der Waals surface area contributed by atoms with Crippen LogP contribution >= 0.6 is 0 Å². The average Bonchev–Trinajstić information content (AvgIpc) is 2.37. The molecule has 0 amide bonds. The van der Waals surface area contributed by atoms with Crippen LogP contribution in [-0.4, -0.2) is 15.5 Å². The zero-order valence-electron chi connectivity index (χ0n) is 10.8. The van der Waals surface area contributed by atoms with E-state index < -0.39 is 10.0 Å². The van der Waals surface area contributed by atoms with Gasteiger partial charge in [0.1, 0.15) is 5.75 Å². The number of hydrogen-bond acceptors (Lipinski definition) is 5. The molecular formula is C13H15N3O3S. The van der Waals surface area contributed by atoms with E-state index >= 15 is 0 Å². The summed E-state index contributed by atoms with van der Waals surface area (Å²) >= 11 is 0. The maximum Gasteiger partial charge on any atom is 0.238 e. The second-order valence-electron chi connectivity index (χ2n) is 4.19. The second kappa shape index (κ2) is 5.40. The summed E-state index contributed by atoms with van der Waals surface area (Å²) in [5, 5.41) is 8.15. The van der Waals surface area contributed by atoms with Gasteiger partial charge in [-0.1, -0.05) is 6.07 Å². The van der Waals surface area contributed by atoms with E-state index in [1.165, 1.54) is 12.1 Å². The third-order valence-corrected chi connectivity index (χ3v) is 3.51. The quantitative estimate of drug-likeness (QED) is 0.743. The maximum absolute atomic E-state index is 11.4. The number of nitrogen functional groups attached to an aromatic ring is 1. The zero-order chi connectivity index (χ0) is 14.8. The average molecular weight is 293 g/mol. The fourth-order valence-corrected chi connectivity index (χ4v) is 2.32. The van der Waals surface area contributed by atoms with Gasteiger partial charge in [-0.3, -0.25) is 0 Å². The standard InChI is InChI=1S/C13H15N3O3S/c1-19-12-4-2-3-10(7-12)16-11-5-9(14)6-13(8-11)20(15,17)18/h2-8,16H,14H2,1H3,(H2,15,17,18). The number of hydrogen-bond donors (Lipinski definition) is 3. The molecule has 0 saturated carbocycles. The van der Waals surface area contributed by atoms with Crippen molar-refractivity contribution in [2.75, 3.05) is 18.2 Å². The van der Waals surface area contributed by atoms with Crippen LogP contribution in [0.25, 0.3) is 0 Å². The summed E-state index contributed by atoms with van der Waals surface area (Å²) in [6, 6.07) is 11.6. The van der Waals surface area contributed by atoms with Gasteiger partial charge in [-0.15, -0.1) is 0 Å². The Morgan fingerprint density at radius 2 is 1.85 bits per heavy atom. The Balaban J connectivity index is 2.36. The lowest BCUT2D eigenvalue weighted by Gasteiger charge is -2.10. The van der Waals surface area contributed by atoms with Crippen LogP contribution in [0.2, 0.25) is 0 Å². The molecule has 0 spiro atoms. The van der Waals surface area contributed by atoms with E-state index in [4.69, 9.17) is 15.6 Å². The van der Waals surface area contributed by atoms with Crippen LogP contribution in [0.15, 0.2) is 47.4 Å². The number of primary sulfonamides is 1. The summed E-state index contributed by atoms with van der Waals surface area (Å²) in [7, 11) is -2.23. The van der Waals surface area contributed by atoms with Crippen LogP contribution in [0.4, 0.5) is 17.1 Å². The number of methoxy groups -OCH3 is 1. The van der Waals surface area contributed by atoms with Gasteiger partial charge in [-0.2, -0.15) is 0 Å². The van der Waals surface area contributed by atoms with Gasteiger partial charge in [0.15, 0.2) is 0 Å². The van der Waals surface area contributed by atoms with Gasteiger partial charge >= 0.3 is 0 Å². The third-order valence-electron chi connectivity index (χ3n) is 2.62. The van der Waals surface area contributed by atoms with Gasteiger partial charge in [0, 0.05) is 23.1 Å². The van der Waals surface area contributed by atoms with Crippen LogP contribution in [0.5, 0.6) is 5.75 Å². The van der Waals surface area contributed by atoms with Crippen molar-refractivity contribution in [3.05, 3.63) is 42.5 Å². The van der Waals surface area contributed by atoms with Crippen LogP contribution in [0.1, 0.15) is 0 Å². The Kier molecular flexibility index (Phi) is 3.82. The van der Waals surface area contributed by atoms with Gasteiger partial charge in [-0.25, -0.2) is 13.6 Å². The number of anilines is 3. The van der Waals surface area contributed by atoms with Crippen LogP contribution < -0.4 is 20.9 Å². The molecular weight excluding hydrogens is 278 g/mol. The van der Waals surface area contributed by atoms with Crippen LogP contribution in [-0.2, 0) is 10.0 Å². The summed E-state index contributed by atoms with van der Waals surface area (Å²) in [5.74, 6) is 0.686. The minimum atomic E-state index is -3.80. The summed E-state index contributed by atoms with van der Waals surface area (Å²) in [4.78, 5) is -0.0390. The molecule has 0 aliphatic rings. The number of benzene rings is 2. The van der Waals surface area contributed by atoms with E-state index in [0.29, 0.717) is 17.1 Å². The lowest BCUT2D eigenvalue weighted by molar-refractivity contribution is 0.415. The minimum absolute atomic E-state index is 0.0390. The van der Waals surface area contributed by atoms with Crippen molar-refractivity contribution in [2.24, 2.45) is 5.14 Å². The fraction of sp³-hybridized carbons (Fsp3) is 0.0769. The lowest BCUT2D eigenvalue weighted by atomic mass is 10.2. The number of sulfonamides is 1. The van der Waals surface area contributed by atoms with Gasteiger partial charge in [0.2, 0.25) is 10.0 Å². The van der Waals surface area contributed by atoms with Crippen molar-refractivity contribution in [3.8, 4) is 5.75 Å². The van der Waals surface area contributed by atoms with Crippen molar-refractivity contribution in [1.82, 2.24) is 0 Å². The smallest absolute Gasteiger partial charge is 0.238 e. The van der Waals surface area contributed by atoms with Crippen molar-refractivity contribution in [2.45, 2.75) is 4.90 Å². The largest absolute Gasteiger partial charge is 0.497 e. The molecule has 106 valence electrons. The highest BCUT2D eigenvalue weighted by atomic mass is 32.2. The Morgan fingerprint density at radius 3 is 2.50 bits per heavy atom. The lowest BCUT2D eigenvalue weighted by Crippen LogP contribution is -2.12. The molecule has 0 aliphatic heterocycles. The van der Waals surface area contributed by atoms with Crippen LogP contribution in [0.3, 0.4) is 0 Å². The molecule has 0 radical (unpaired) electrons. The molecule has 0 heterocycles. The molecule has 0 aromatic heterocycles. The van der Waals surface area contributed by atoms with Crippen molar-refractivity contribution < 1.29 is 13.2 Å². The molecule has 0 bridgehead atoms. The minimum Gasteiger partial charge on any atom is -0.497 e. The number of ether oxygens (including phenoxy) is 1. The number of nitrogens with one attached hydrogen (secondary N) is 1. The first kappa shape index (κ1) is 14.2. The monoisotopic (exact) mass is 293 g/mol. The molecule has 6 nitrogen and oxygen atoms in total. The zero-order valence-corrected chi connectivity index (χ0v) is 11.6. The molecule has 0 saturated heterocycles. The summed E-state index contributed by atoms with van der Waals surface area (Å²) in [5.41, 5.74) is 7.26. The summed E-state index contributed by atoms with van der Waals surface area (Å²) in [6.07, 6.45) is 0. The van der Waals surface area contributed by atoms with Gasteiger partial charge in [0.05, 0.1) is 12.0 Å². The third kappa shape index (κ3) is 3.40. The molecule has 2 rings (SSSR count). The molecule has 0 fully saturated rings. The molecule has 2 aromatic rings. The molecule has 0 atom stereocenters. The van der Waals surface area contributed by atoms with Gasteiger partial charge in [0.25, 0.3) is 0 Å².